The summed E-state index contributed by atoms with van der Waals surface area (Å²) in [5, 5.41) is 0. The molecule has 2 rings (SSSR count). The van der Waals surface area contributed by atoms with Crippen LogP contribution >= 0.6 is 0 Å². The Morgan fingerprint density at radius 1 is 1.50 bits per heavy atom. The van der Waals surface area contributed by atoms with Crippen molar-refractivity contribution in [3.8, 4) is 0 Å². The predicted octanol–water partition coefficient (Wildman–Crippen LogP) is 1.77. The van der Waals surface area contributed by atoms with Crippen molar-refractivity contribution < 1.29 is 4.79 Å². The summed E-state index contributed by atoms with van der Waals surface area (Å²) in [6, 6.07) is 8.29. The van der Waals surface area contributed by atoms with Crippen LogP contribution in [0.3, 0.4) is 0 Å². The van der Waals surface area contributed by atoms with E-state index in [1.54, 1.807) is 0 Å². The van der Waals surface area contributed by atoms with Crippen LogP contribution in [-0.4, -0.2) is 18.0 Å². The molecule has 1 heterocycles. The molecule has 0 saturated carbocycles. The molecule has 0 unspecified atom stereocenters. The Morgan fingerprint density at radius 2 is 2.17 bits per heavy atom. The van der Waals surface area contributed by atoms with E-state index in [1.165, 1.54) is 5.56 Å². The largest absolute Gasteiger partial charge is 0.357 e. The van der Waals surface area contributed by atoms with E-state index in [4.69, 9.17) is 5.84 Å². The maximum Gasteiger partial charge on any atom is 0.253 e. The molecule has 1 aromatic rings. The lowest BCUT2D eigenvalue weighted by Gasteiger charge is -2.47. The molecule has 1 atom stereocenters. The molecule has 1 aliphatic heterocycles. The number of nitrogens with two attached hydrogens (primary N) is 1. The Bertz CT molecular complexity index is 456. The first kappa shape index (κ1) is 12.9. The Hall–Kier alpha value is -1.55. The second kappa shape index (κ2) is 4.61. The van der Waals surface area contributed by atoms with E-state index in [-0.39, 0.29) is 11.4 Å². The summed E-state index contributed by atoms with van der Waals surface area (Å²) < 4.78 is 0. The number of carbonyl (C=O) groups excluding carboxylic acids is 1. The van der Waals surface area contributed by atoms with Crippen LogP contribution in [0.2, 0.25) is 0 Å². The number of fused-ring (bicyclic) bond motifs is 1. The fourth-order valence-electron chi connectivity index (χ4n) is 2.93. The number of anilines is 1. The number of para-hydroxylation sites is 1. The first-order chi connectivity index (χ1) is 8.45. The number of nitrogens with one attached hydrogen (secondary N) is 1. The van der Waals surface area contributed by atoms with E-state index in [1.807, 2.05) is 6.07 Å². The van der Waals surface area contributed by atoms with Crippen molar-refractivity contribution >= 4 is 11.6 Å². The van der Waals surface area contributed by atoms with Crippen molar-refractivity contribution in [1.29, 1.82) is 0 Å². The normalized spacial score (nSPS) is 21.3. The molecule has 1 aliphatic rings. The predicted molar refractivity (Wildman–Crippen MR) is 73.2 cm³/mol. The molecule has 0 spiro atoms. The molecule has 4 nitrogen and oxygen atoms in total. The van der Waals surface area contributed by atoms with Crippen molar-refractivity contribution in [2.24, 2.45) is 5.84 Å². The molecule has 18 heavy (non-hydrogen) atoms. The van der Waals surface area contributed by atoms with Crippen LogP contribution in [0.1, 0.15) is 38.7 Å². The van der Waals surface area contributed by atoms with Crippen molar-refractivity contribution in [2.75, 3.05) is 11.4 Å². The van der Waals surface area contributed by atoms with Gasteiger partial charge in [0.1, 0.15) is 0 Å². The van der Waals surface area contributed by atoms with Crippen molar-refractivity contribution in [3.63, 3.8) is 0 Å². The number of hydrogen-bond donors (Lipinski definition) is 2. The smallest absolute Gasteiger partial charge is 0.253 e. The van der Waals surface area contributed by atoms with Gasteiger partial charge in [-0.3, -0.25) is 10.2 Å². The van der Waals surface area contributed by atoms with Crippen LogP contribution in [0.5, 0.6) is 0 Å². The van der Waals surface area contributed by atoms with Crippen LogP contribution in [0, 0.1) is 0 Å². The molecular formula is C14H21N3O. The Morgan fingerprint density at radius 3 is 2.83 bits per heavy atom. The van der Waals surface area contributed by atoms with Gasteiger partial charge in [0.2, 0.25) is 0 Å². The molecule has 0 aliphatic carbocycles. The highest BCUT2D eigenvalue weighted by Gasteiger charge is 2.36. The third kappa shape index (κ3) is 2.20. The summed E-state index contributed by atoms with van der Waals surface area (Å²) in [5.74, 6) is 5.55. The van der Waals surface area contributed by atoms with E-state index < -0.39 is 0 Å². The second-order valence-electron chi connectivity index (χ2n) is 5.63. The van der Waals surface area contributed by atoms with Gasteiger partial charge >= 0.3 is 0 Å². The van der Waals surface area contributed by atoms with Crippen LogP contribution in [-0.2, 0) is 4.79 Å². The van der Waals surface area contributed by atoms with Gasteiger partial charge in [0.25, 0.3) is 5.91 Å². The number of hydrogen-bond acceptors (Lipinski definition) is 3. The average molecular weight is 247 g/mol. The van der Waals surface area contributed by atoms with Gasteiger partial charge < -0.3 is 4.90 Å². The topological polar surface area (TPSA) is 58.4 Å². The van der Waals surface area contributed by atoms with Gasteiger partial charge in [-0.05, 0) is 37.8 Å². The number of carbonyl (C=O) groups is 1. The maximum atomic E-state index is 11.6. The number of nitrogens with zero attached hydrogens (tertiary/aromatic N) is 1. The summed E-state index contributed by atoms with van der Waals surface area (Å²) in [6.45, 7) is 6.88. The minimum atomic E-state index is -0.160. The molecule has 0 radical (unpaired) electrons. The standard InChI is InChI=1S/C14H21N3O/c1-10-8-14(2,3)17(9-13(18)16-15)12-7-5-4-6-11(10)12/h4-7,10H,8-9,15H2,1-3H3,(H,16,18)/t10-/m0/s1. The van der Waals surface area contributed by atoms with Gasteiger partial charge in [-0.2, -0.15) is 0 Å². The molecule has 0 fully saturated rings. The van der Waals surface area contributed by atoms with Crippen LogP contribution in [0.15, 0.2) is 24.3 Å². The molecule has 1 amide bonds. The molecule has 0 saturated heterocycles. The SMILES string of the molecule is C[C@H]1CC(C)(C)N(CC(=O)NN)c2ccccc21. The third-order valence-corrected chi connectivity index (χ3v) is 3.76. The lowest BCUT2D eigenvalue weighted by atomic mass is 9.80. The lowest BCUT2D eigenvalue weighted by molar-refractivity contribution is -0.120. The summed E-state index contributed by atoms with van der Waals surface area (Å²) in [4.78, 5) is 13.7. The first-order valence-corrected chi connectivity index (χ1v) is 6.31. The summed E-state index contributed by atoms with van der Waals surface area (Å²) in [5.41, 5.74) is 4.62. The Balaban J connectivity index is 2.41. The van der Waals surface area contributed by atoms with Crippen molar-refractivity contribution in [1.82, 2.24) is 5.43 Å². The summed E-state index contributed by atoms with van der Waals surface area (Å²) >= 11 is 0. The molecular weight excluding hydrogens is 226 g/mol. The van der Waals surface area contributed by atoms with E-state index in [9.17, 15) is 4.79 Å². The Labute approximate surface area is 108 Å². The minimum Gasteiger partial charge on any atom is -0.357 e. The zero-order valence-corrected chi connectivity index (χ0v) is 11.2. The van der Waals surface area contributed by atoms with Gasteiger partial charge in [-0.1, -0.05) is 25.1 Å². The van der Waals surface area contributed by atoms with Gasteiger partial charge in [0.15, 0.2) is 0 Å². The fraction of sp³-hybridized carbons (Fsp3) is 0.500. The van der Waals surface area contributed by atoms with Crippen LogP contribution in [0.4, 0.5) is 5.69 Å². The lowest BCUT2D eigenvalue weighted by Crippen LogP contribution is -2.53. The highest BCUT2D eigenvalue weighted by Crippen LogP contribution is 2.42. The zero-order chi connectivity index (χ0) is 13.3. The second-order valence-corrected chi connectivity index (χ2v) is 5.63. The molecule has 1 aromatic carbocycles. The van der Waals surface area contributed by atoms with E-state index in [0.29, 0.717) is 12.5 Å². The number of rotatable bonds is 2. The number of benzene rings is 1. The van der Waals surface area contributed by atoms with Gasteiger partial charge in [0, 0.05) is 11.2 Å². The number of hydrazine groups is 1. The average Bonchev–Trinajstić information content (AvgIpc) is 2.33. The van der Waals surface area contributed by atoms with Crippen LogP contribution < -0.4 is 16.2 Å². The number of amides is 1. The minimum absolute atomic E-state index is 0.0414. The van der Waals surface area contributed by atoms with Gasteiger partial charge in [-0.15, -0.1) is 0 Å². The quantitative estimate of drug-likeness (QED) is 0.476. The van der Waals surface area contributed by atoms with Crippen LogP contribution in [0.25, 0.3) is 0 Å². The van der Waals surface area contributed by atoms with Crippen molar-refractivity contribution in [3.05, 3.63) is 29.8 Å². The monoisotopic (exact) mass is 247 g/mol. The van der Waals surface area contributed by atoms with Crippen molar-refractivity contribution in [2.45, 2.75) is 38.6 Å². The third-order valence-electron chi connectivity index (χ3n) is 3.76. The highest BCUT2D eigenvalue weighted by atomic mass is 16.2. The molecule has 4 heteroatoms. The maximum absolute atomic E-state index is 11.6. The van der Waals surface area contributed by atoms with E-state index >= 15 is 0 Å². The fourth-order valence-corrected chi connectivity index (χ4v) is 2.93. The molecule has 3 N–H and O–H groups in total. The molecule has 0 bridgehead atoms. The zero-order valence-electron chi connectivity index (χ0n) is 11.2. The summed E-state index contributed by atoms with van der Waals surface area (Å²) in [7, 11) is 0. The van der Waals surface area contributed by atoms with E-state index in [0.717, 1.165) is 12.1 Å². The van der Waals surface area contributed by atoms with Gasteiger partial charge in [-0.25, -0.2) is 5.84 Å². The molecule has 0 aromatic heterocycles. The molecule has 98 valence electrons. The first-order valence-electron chi connectivity index (χ1n) is 6.31. The summed E-state index contributed by atoms with van der Waals surface area (Å²) in [6.07, 6.45) is 1.03. The van der Waals surface area contributed by atoms with Gasteiger partial charge in [0.05, 0.1) is 6.54 Å². The van der Waals surface area contributed by atoms with E-state index in [2.05, 4.69) is 49.3 Å². The highest BCUT2D eigenvalue weighted by molar-refractivity contribution is 5.82. The Kier molecular flexibility index (Phi) is 3.30.